The minimum Gasteiger partial charge on any atom is -0.493 e. The highest BCUT2D eigenvalue weighted by atomic mass is 32.1. The van der Waals surface area contributed by atoms with Crippen molar-refractivity contribution in [1.29, 1.82) is 0 Å². The monoisotopic (exact) mass is 382 g/mol. The van der Waals surface area contributed by atoms with Crippen molar-refractivity contribution < 1.29 is 13.9 Å². The summed E-state index contributed by atoms with van der Waals surface area (Å²) in [5.41, 5.74) is 3.54. The number of halogens is 1. The first-order chi connectivity index (χ1) is 12.9. The summed E-state index contributed by atoms with van der Waals surface area (Å²) in [6.45, 7) is 4.13. The lowest BCUT2D eigenvalue weighted by Gasteiger charge is -2.17. The lowest BCUT2D eigenvalue weighted by atomic mass is 9.99. The third kappa shape index (κ3) is 3.71. The smallest absolute Gasteiger partial charge is 0.209 e. The van der Waals surface area contributed by atoms with Crippen molar-refractivity contribution in [3.63, 3.8) is 0 Å². The Morgan fingerprint density at radius 2 is 2.04 bits per heavy atom. The molecule has 0 bridgehead atoms. The number of hydrogen-bond acceptors (Lipinski definition) is 5. The van der Waals surface area contributed by atoms with Gasteiger partial charge in [-0.05, 0) is 43.7 Å². The highest BCUT2D eigenvalue weighted by molar-refractivity contribution is 7.13. The summed E-state index contributed by atoms with van der Waals surface area (Å²) in [5.74, 6) is 1.27. The number of nitrogens with zero attached hydrogens (tertiary/aromatic N) is 2. The normalized spacial score (nSPS) is 15.0. The molecule has 0 saturated carbocycles. The highest BCUT2D eigenvalue weighted by Gasteiger charge is 2.33. The summed E-state index contributed by atoms with van der Waals surface area (Å²) in [5, 5.41) is 2.62. The Bertz CT molecular complexity index is 1010. The van der Waals surface area contributed by atoms with Gasteiger partial charge in [0.1, 0.15) is 11.4 Å². The summed E-state index contributed by atoms with van der Waals surface area (Å²) in [4.78, 5) is 9.00. The topological polar surface area (TPSA) is 43.7 Å². The maximum absolute atomic E-state index is 13.0. The molecule has 1 aliphatic heterocycles. The minimum atomic E-state index is -0.263. The van der Waals surface area contributed by atoms with Crippen molar-refractivity contribution in [2.24, 2.45) is 4.99 Å². The number of aromatic nitrogens is 1. The van der Waals surface area contributed by atoms with Crippen LogP contribution in [0.2, 0.25) is 0 Å². The molecule has 3 aromatic rings. The van der Waals surface area contributed by atoms with Crippen LogP contribution in [-0.2, 0) is 6.42 Å². The van der Waals surface area contributed by atoms with Crippen molar-refractivity contribution in [3.8, 4) is 22.8 Å². The van der Waals surface area contributed by atoms with Crippen LogP contribution in [0.4, 0.5) is 9.52 Å². The van der Waals surface area contributed by atoms with Crippen LogP contribution in [-0.4, -0.2) is 23.9 Å². The molecule has 27 heavy (non-hydrogen) atoms. The van der Waals surface area contributed by atoms with Crippen molar-refractivity contribution in [2.75, 3.05) is 7.11 Å². The van der Waals surface area contributed by atoms with Gasteiger partial charge in [-0.25, -0.2) is 14.4 Å². The summed E-state index contributed by atoms with van der Waals surface area (Å²) in [6, 6.07) is 10.2. The number of rotatable bonds is 4. The van der Waals surface area contributed by atoms with Gasteiger partial charge in [0, 0.05) is 29.1 Å². The number of benzene rings is 2. The number of aliphatic imine (C=N–C) groups is 1. The Labute approximate surface area is 161 Å². The van der Waals surface area contributed by atoms with Gasteiger partial charge in [-0.3, -0.25) is 0 Å². The Hall–Kier alpha value is -2.73. The molecular weight excluding hydrogens is 363 g/mol. The van der Waals surface area contributed by atoms with Gasteiger partial charge < -0.3 is 9.47 Å². The number of hydrogen-bond donors (Lipinski definition) is 0. The second kappa shape index (κ2) is 6.78. The molecule has 0 amide bonds. The second-order valence-electron chi connectivity index (χ2n) is 7.03. The molecule has 6 heteroatoms. The third-order valence-corrected chi connectivity index (χ3v) is 5.08. The largest absolute Gasteiger partial charge is 0.493 e. The van der Waals surface area contributed by atoms with E-state index in [0.29, 0.717) is 5.13 Å². The summed E-state index contributed by atoms with van der Waals surface area (Å²) in [7, 11) is 1.65. The predicted octanol–water partition coefficient (Wildman–Crippen LogP) is 5.42. The fourth-order valence-electron chi connectivity index (χ4n) is 3.11. The van der Waals surface area contributed by atoms with Gasteiger partial charge >= 0.3 is 0 Å². The van der Waals surface area contributed by atoms with Crippen LogP contribution >= 0.6 is 11.3 Å². The molecule has 0 atom stereocenters. The van der Waals surface area contributed by atoms with Crippen LogP contribution in [0.15, 0.2) is 46.8 Å². The average molecular weight is 382 g/mol. The summed E-state index contributed by atoms with van der Waals surface area (Å²) < 4.78 is 24.5. The lowest BCUT2D eigenvalue weighted by molar-refractivity contribution is 0.134. The maximum Gasteiger partial charge on any atom is 0.209 e. The molecule has 4 rings (SSSR count). The van der Waals surface area contributed by atoms with Crippen molar-refractivity contribution >= 4 is 22.7 Å². The van der Waals surface area contributed by atoms with Crippen LogP contribution in [0.1, 0.15) is 25.0 Å². The van der Waals surface area contributed by atoms with Crippen LogP contribution in [0.25, 0.3) is 11.3 Å². The average Bonchev–Trinajstić information content (AvgIpc) is 3.23. The molecule has 0 spiro atoms. The predicted molar refractivity (Wildman–Crippen MR) is 106 cm³/mol. The Morgan fingerprint density at radius 3 is 2.78 bits per heavy atom. The molecule has 2 heterocycles. The third-order valence-electron chi connectivity index (χ3n) is 4.33. The molecule has 0 aliphatic carbocycles. The van der Waals surface area contributed by atoms with E-state index in [2.05, 4.69) is 29.9 Å². The van der Waals surface area contributed by atoms with E-state index >= 15 is 0 Å². The van der Waals surface area contributed by atoms with Crippen LogP contribution < -0.4 is 9.47 Å². The molecular formula is C21H19FN2O2S. The number of ether oxygens (including phenoxy) is 2. The Morgan fingerprint density at radius 1 is 1.26 bits per heavy atom. The first-order valence-corrected chi connectivity index (χ1v) is 9.47. The SMILES string of the molecule is COc1cc(-c2csc(/N=C/c3ccc(F)cc3)n2)cc2c1OC(C)(C)C2. The molecule has 0 fully saturated rings. The van der Waals surface area contributed by atoms with Gasteiger partial charge in [0.25, 0.3) is 0 Å². The van der Waals surface area contributed by atoms with Crippen molar-refractivity contribution in [3.05, 3.63) is 58.7 Å². The molecule has 0 radical (unpaired) electrons. The first kappa shape index (κ1) is 17.7. The van der Waals surface area contributed by atoms with Crippen LogP contribution in [0.5, 0.6) is 11.5 Å². The highest BCUT2D eigenvalue weighted by Crippen LogP contribution is 2.44. The molecule has 4 nitrogen and oxygen atoms in total. The van der Waals surface area contributed by atoms with E-state index in [0.717, 1.165) is 40.3 Å². The second-order valence-corrected chi connectivity index (χ2v) is 7.87. The van der Waals surface area contributed by atoms with Crippen molar-refractivity contribution in [1.82, 2.24) is 4.98 Å². The quantitative estimate of drug-likeness (QED) is 0.566. The minimum absolute atomic E-state index is 0.235. The lowest BCUT2D eigenvalue weighted by Crippen LogP contribution is -2.24. The number of thiazole rings is 1. The van der Waals surface area contributed by atoms with E-state index in [9.17, 15) is 4.39 Å². The van der Waals surface area contributed by atoms with E-state index in [4.69, 9.17) is 9.47 Å². The first-order valence-electron chi connectivity index (χ1n) is 8.59. The zero-order valence-corrected chi connectivity index (χ0v) is 16.1. The van der Waals surface area contributed by atoms with Gasteiger partial charge in [0.15, 0.2) is 11.5 Å². The number of fused-ring (bicyclic) bond motifs is 1. The fraction of sp³-hybridized carbons (Fsp3) is 0.238. The van der Waals surface area contributed by atoms with Gasteiger partial charge in [0.2, 0.25) is 5.13 Å². The van der Waals surface area contributed by atoms with Crippen LogP contribution in [0, 0.1) is 5.82 Å². The Kier molecular flexibility index (Phi) is 4.44. The summed E-state index contributed by atoms with van der Waals surface area (Å²) in [6.07, 6.45) is 2.51. The maximum atomic E-state index is 13.0. The summed E-state index contributed by atoms with van der Waals surface area (Å²) >= 11 is 1.46. The van der Waals surface area contributed by atoms with Gasteiger partial charge in [-0.1, -0.05) is 12.1 Å². The zero-order chi connectivity index (χ0) is 19.0. The molecule has 1 aliphatic rings. The molecule has 0 N–H and O–H groups in total. The molecule has 138 valence electrons. The molecule has 1 aromatic heterocycles. The van der Waals surface area contributed by atoms with Crippen LogP contribution in [0.3, 0.4) is 0 Å². The van der Waals surface area contributed by atoms with Gasteiger partial charge in [-0.15, -0.1) is 11.3 Å². The molecule has 2 aromatic carbocycles. The van der Waals surface area contributed by atoms with Crippen molar-refractivity contribution in [2.45, 2.75) is 25.9 Å². The van der Waals surface area contributed by atoms with E-state index in [1.54, 1.807) is 25.5 Å². The van der Waals surface area contributed by atoms with E-state index in [-0.39, 0.29) is 11.4 Å². The fourth-order valence-corrected chi connectivity index (χ4v) is 3.78. The number of methoxy groups -OCH3 is 1. The van der Waals surface area contributed by atoms with E-state index < -0.39 is 0 Å². The van der Waals surface area contributed by atoms with Gasteiger partial charge in [-0.2, -0.15) is 0 Å². The van der Waals surface area contributed by atoms with E-state index in [1.807, 2.05) is 11.4 Å². The standard InChI is InChI=1S/C21H19FN2O2S/c1-21(2)10-15-8-14(9-18(25-3)19(15)26-21)17-12-27-20(24-17)23-11-13-4-6-16(22)7-5-13/h4-9,11-12H,10H2,1-3H3/b23-11+. The van der Waals surface area contributed by atoms with E-state index in [1.165, 1.54) is 23.5 Å². The van der Waals surface area contributed by atoms with Gasteiger partial charge in [0.05, 0.1) is 12.8 Å². The zero-order valence-electron chi connectivity index (χ0n) is 15.3. The molecule has 0 unspecified atom stereocenters. The molecule has 0 saturated heterocycles. The Balaban J connectivity index is 1.61.